The lowest BCUT2D eigenvalue weighted by Crippen LogP contribution is -2.65. The summed E-state index contributed by atoms with van der Waals surface area (Å²) in [7, 11) is 3.89. The summed E-state index contributed by atoms with van der Waals surface area (Å²) in [6, 6.07) is 4.73. The van der Waals surface area contributed by atoms with Crippen LogP contribution < -0.4 is 9.47 Å². The Morgan fingerprint density at radius 2 is 2.09 bits per heavy atom. The van der Waals surface area contributed by atoms with Gasteiger partial charge in [0.25, 0.3) is 0 Å². The first-order valence-electron chi connectivity index (χ1n) is 11.7. The number of methoxy groups -OCH3 is 1. The Morgan fingerprint density at radius 3 is 2.88 bits per heavy atom. The summed E-state index contributed by atoms with van der Waals surface area (Å²) in [5.74, 6) is 1.50. The second-order valence-corrected chi connectivity index (χ2v) is 10.2. The third kappa shape index (κ3) is 2.98. The summed E-state index contributed by atoms with van der Waals surface area (Å²) in [6.45, 7) is 6.18. The molecular formula is C25H33NO6. The Hall–Kier alpha value is -1.64. The predicted molar refractivity (Wildman–Crippen MR) is 117 cm³/mol. The van der Waals surface area contributed by atoms with Crippen LogP contribution >= 0.6 is 0 Å². The Balaban J connectivity index is 1.35. The van der Waals surface area contributed by atoms with Crippen LogP contribution in [0.2, 0.25) is 0 Å². The van der Waals surface area contributed by atoms with E-state index in [-0.39, 0.29) is 30.5 Å². The molecule has 2 fully saturated rings. The third-order valence-electron chi connectivity index (χ3n) is 7.99. The molecule has 7 nitrogen and oxygen atoms in total. The van der Waals surface area contributed by atoms with Crippen molar-refractivity contribution in [1.29, 1.82) is 0 Å². The average molecular weight is 444 g/mol. The molecule has 2 saturated heterocycles. The van der Waals surface area contributed by atoms with Gasteiger partial charge >= 0.3 is 0 Å². The third-order valence-corrected chi connectivity index (χ3v) is 7.99. The summed E-state index contributed by atoms with van der Waals surface area (Å²) in [6.07, 6.45) is 6.40. The summed E-state index contributed by atoms with van der Waals surface area (Å²) >= 11 is 0. The molecule has 174 valence electrons. The molecule has 7 heteroatoms. The molecule has 0 amide bonds. The fourth-order valence-corrected chi connectivity index (χ4v) is 6.65. The van der Waals surface area contributed by atoms with Gasteiger partial charge in [0.05, 0.1) is 13.2 Å². The van der Waals surface area contributed by atoms with E-state index < -0.39 is 5.79 Å². The zero-order chi connectivity index (χ0) is 22.1. The maximum absolute atomic E-state index is 6.76. The van der Waals surface area contributed by atoms with Crippen LogP contribution in [0.15, 0.2) is 24.3 Å². The van der Waals surface area contributed by atoms with Crippen LogP contribution in [0, 0.1) is 5.92 Å². The quantitative estimate of drug-likeness (QED) is 0.495. The molecule has 0 saturated carbocycles. The molecule has 2 bridgehead atoms. The molecule has 0 aromatic heterocycles. The molecule has 3 heterocycles. The molecule has 1 spiro atoms. The first-order chi connectivity index (χ1) is 15.4. The average Bonchev–Trinajstić information content (AvgIpc) is 3.31. The molecule has 3 aliphatic heterocycles. The van der Waals surface area contributed by atoms with E-state index in [4.69, 9.17) is 28.4 Å². The van der Waals surface area contributed by atoms with Crippen molar-refractivity contribution in [1.82, 2.24) is 4.90 Å². The van der Waals surface area contributed by atoms with Crippen LogP contribution in [-0.2, 0) is 30.8 Å². The van der Waals surface area contributed by atoms with E-state index >= 15 is 0 Å². The molecular weight excluding hydrogens is 410 g/mol. The van der Waals surface area contributed by atoms with E-state index in [0.29, 0.717) is 25.2 Å². The normalized spacial score (nSPS) is 38.4. The van der Waals surface area contributed by atoms with Gasteiger partial charge in [-0.3, -0.25) is 0 Å². The topological polar surface area (TPSA) is 58.6 Å². The van der Waals surface area contributed by atoms with E-state index in [1.165, 1.54) is 11.1 Å². The summed E-state index contributed by atoms with van der Waals surface area (Å²) in [5, 5.41) is 0. The van der Waals surface area contributed by atoms with Gasteiger partial charge in [0, 0.05) is 30.0 Å². The molecule has 2 unspecified atom stereocenters. The van der Waals surface area contributed by atoms with E-state index in [2.05, 4.69) is 30.2 Å². The number of hydrogen-bond donors (Lipinski definition) is 0. The second kappa shape index (κ2) is 7.43. The van der Waals surface area contributed by atoms with E-state index in [1.807, 2.05) is 19.9 Å². The number of likely N-dealkylation sites (tertiary alicyclic amines) is 1. The smallest absolute Gasteiger partial charge is 0.188 e. The first-order valence-corrected chi connectivity index (χ1v) is 11.7. The van der Waals surface area contributed by atoms with Crippen LogP contribution in [0.4, 0.5) is 0 Å². The van der Waals surface area contributed by atoms with Gasteiger partial charge in [-0.2, -0.15) is 0 Å². The molecule has 32 heavy (non-hydrogen) atoms. The molecule has 6 rings (SSSR count). The van der Waals surface area contributed by atoms with Gasteiger partial charge in [-0.1, -0.05) is 18.2 Å². The van der Waals surface area contributed by atoms with Crippen LogP contribution in [0.5, 0.6) is 11.5 Å². The fraction of sp³-hybridized carbons (Fsp3) is 0.680. The predicted octanol–water partition coefficient (Wildman–Crippen LogP) is 2.65. The molecule has 6 atom stereocenters. The van der Waals surface area contributed by atoms with Gasteiger partial charge in [0.15, 0.2) is 24.1 Å². The van der Waals surface area contributed by atoms with Crippen LogP contribution in [0.3, 0.4) is 0 Å². The molecule has 2 aliphatic carbocycles. The van der Waals surface area contributed by atoms with Gasteiger partial charge in [-0.05, 0) is 51.9 Å². The van der Waals surface area contributed by atoms with Crippen molar-refractivity contribution in [3.63, 3.8) is 0 Å². The van der Waals surface area contributed by atoms with Crippen molar-refractivity contribution >= 4 is 0 Å². The highest BCUT2D eigenvalue weighted by Gasteiger charge is 2.64. The zero-order valence-corrected chi connectivity index (χ0v) is 19.3. The Labute approximate surface area is 189 Å². The maximum atomic E-state index is 6.76. The molecule has 0 N–H and O–H groups in total. The van der Waals surface area contributed by atoms with Gasteiger partial charge in [-0.15, -0.1) is 0 Å². The lowest BCUT2D eigenvalue weighted by molar-refractivity contribution is -0.151. The number of hydrogen-bond acceptors (Lipinski definition) is 7. The monoisotopic (exact) mass is 443 g/mol. The standard InChI is InChI=1S/C25H33NO6/c1-24(2)30-13-16(32-24)12-28-20-8-6-17-18-11-15-5-7-19(29-14-27-4)22-21(15)25(17,23(20)31-22)9-10-26(18)3/h5-8,16-18,20,23H,9-14H2,1-4H3/t16-,17+,18-,20?,23?,25+/m1/s1. The fourth-order valence-electron chi connectivity index (χ4n) is 6.65. The van der Waals surface area contributed by atoms with Crippen LogP contribution in [-0.4, -0.2) is 75.7 Å². The lowest BCUT2D eigenvalue weighted by atomic mass is 9.53. The van der Waals surface area contributed by atoms with E-state index in [9.17, 15) is 0 Å². The number of piperidine rings is 1. The van der Waals surface area contributed by atoms with Crippen molar-refractivity contribution < 1.29 is 28.4 Å². The molecule has 0 radical (unpaired) electrons. The molecule has 5 aliphatic rings. The SMILES string of the molecule is COCOc1ccc2c3c1OC1C(OC[C@@H]4COC(C)(C)O4)C=C[C@H]4[C@@H](C2)N(C)CC[C@]314. The van der Waals surface area contributed by atoms with Crippen molar-refractivity contribution in [2.45, 2.75) is 62.2 Å². The Morgan fingerprint density at radius 1 is 1.22 bits per heavy atom. The van der Waals surface area contributed by atoms with Crippen LogP contribution in [0.25, 0.3) is 0 Å². The van der Waals surface area contributed by atoms with Gasteiger partial charge < -0.3 is 33.3 Å². The Bertz CT molecular complexity index is 931. The van der Waals surface area contributed by atoms with Crippen molar-refractivity contribution in [2.75, 3.05) is 40.7 Å². The zero-order valence-electron chi connectivity index (χ0n) is 19.3. The van der Waals surface area contributed by atoms with E-state index in [1.54, 1.807) is 7.11 Å². The Kier molecular flexibility index (Phi) is 4.86. The largest absolute Gasteiger partial charge is 0.482 e. The highest BCUT2D eigenvalue weighted by molar-refractivity contribution is 5.62. The highest BCUT2D eigenvalue weighted by Crippen LogP contribution is 2.62. The number of rotatable bonds is 6. The number of likely N-dealkylation sites (N-methyl/N-ethyl adjacent to an activating group) is 1. The maximum Gasteiger partial charge on any atom is 0.188 e. The van der Waals surface area contributed by atoms with Crippen molar-refractivity contribution in [2.24, 2.45) is 5.92 Å². The summed E-state index contributed by atoms with van der Waals surface area (Å²) < 4.78 is 36.0. The van der Waals surface area contributed by atoms with Gasteiger partial charge in [0.1, 0.15) is 18.3 Å². The minimum Gasteiger partial charge on any atom is -0.482 e. The van der Waals surface area contributed by atoms with Crippen molar-refractivity contribution in [3.8, 4) is 11.5 Å². The number of ether oxygens (including phenoxy) is 6. The second-order valence-electron chi connectivity index (χ2n) is 10.2. The minimum absolute atomic E-state index is 0.0647. The van der Waals surface area contributed by atoms with Gasteiger partial charge in [0.2, 0.25) is 0 Å². The summed E-state index contributed by atoms with van der Waals surface area (Å²) in [4.78, 5) is 2.51. The van der Waals surface area contributed by atoms with Crippen molar-refractivity contribution in [3.05, 3.63) is 35.4 Å². The van der Waals surface area contributed by atoms with Gasteiger partial charge in [-0.25, -0.2) is 0 Å². The van der Waals surface area contributed by atoms with Crippen LogP contribution in [0.1, 0.15) is 31.4 Å². The highest BCUT2D eigenvalue weighted by atomic mass is 16.7. The molecule has 1 aromatic carbocycles. The van der Waals surface area contributed by atoms with E-state index in [0.717, 1.165) is 30.9 Å². The number of nitrogens with zero attached hydrogens (tertiary/aromatic N) is 1. The molecule has 1 aromatic rings. The summed E-state index contributed by atoms with van der Waals surface area (Å²) in [5.41, 5.74) is 2.63. The number of benzene rings is 1. The first kappa shape index (κ1) is 20.9. The minimum atomic E-state index is -0.548. The lowest BCUT2D eigenvalue weighted by Gasteiger charge is -2.56.